The van der Waals surface area contributed by atoms with E-state index in [0.717, 1.165) is 18.4 Å². The monoisotopic (exact) mass is 315 g/mol. The van der Waals surface area contributed by atoms with Gasteiger partial charge in [-0.05, 0) is 30.4 Å². The minimum atomic E-state index is -0.401. The Labute approximate surface area is 137 Å². The predicted molar refractivity (Wildman–Crippen MR) is 88.6 cm³/mol. The van der Waals surface area contributed by atoms with Gasteiger partial charge in [-0.1, -0.05) is 43.5 Å². The van der Waals surface area contributed by atoms with Crippen molar-refractivity contribution in [2.75, 3.05) is 6.54 Å². The summed E-state index contributed by atoms with van der Waals surface area (Å²) in [5, 5.41) is 3.12. The van der Waals surface area contributed by atoms with Gasteiger partial charge in [0, 0.05) is 12.6 Å². The van der Waals surface area contributed by atoms with Crippen LogP contribution in [0, 0.1) is 0 Å². The molecule has 2 amide bonds. The smallest absolute Gasteiger partial charge is 0.235 e. The van der Waals surface area contributed by atoms with Crippen molar-refractivity contribution in [1.29, 1.82) is 0 Å². The SMILES string of the molecule is NC(=O)[C@@H]1Cc2ccccc2CN1CC(=O)NC1CCCCC1. The fraction of sp³-hybridized carbons (Fsp3) is 0.556. The molecule has 0 bridgehead atoms. The van der Waals surface area contributed by atoms with Crippen molar-refractivity contribution in [3.63, 3.8) is 0 Å². The molecule has 2 aliphatic rings. The summed E-state index contributed by atoms with van der Waals surface area (Å²) in [5.41, 5.74) is 7.89. The average Bonchev–Trinajstić information content (AvgIpc) is 2.55. The number of carbonyl (C=O) groups excluding carboxylic acids is 2. The molecule has 3 rings (SSSR count). The molecular formula is C18H25N3O2. The standard InChI is InChI=1S/C18H25N3O2/c19-18(23)16-10-13-6-4-5-7-14(13)11-21(16)12-17(22)20-15-8-2-1-3-9-15/h4-7,15-16H,1-3,8-12H2,(H2,19,23)(H,20,22)/t16-/m0/s1. The number of nitrogens with two attached hydrogens (primary N) is 1. The second-order valence-corrected chi connectivity index (χ2v) is 6.70. The van der Waals surface area contributed by atoms with Crippen LogP contribution in [0.5, 0.6) is 0 Å². The lowest BCUT2D eigenvalue weighted by molar-refractivity contribution is -0.128. The molecular weight excluding hydrogens is 290 g/mol. The van der Waals surface area contributed by atoms with Gasteiger partial charge >= 0.3 is 0 Å². The molecule has 1 saturated carbocycles. The Morgan fingerprint density at radius 1 is 1.13 bits per heavy atom. The summed E-state index contributed by atoms with van der Waals surface area (Å²) in [6.45, 7) is 0.834. The van der Waals surface area contributed by atoms with E-state index in [9.17, 15) is 9.59 Å². The van der Waals surface area contributed by atoms with Crippen molar-refractivity contribution >= 4 is 11.8 Å². The summed E-state index contributed by atoms with van der Waals surface area (Å²) in [6.07, 6.45) is 6.35. The molecule has 1 fully saturated rings. The Kier molecular flexibility index (Phi) is 4.96. The zero-order chi connectivity index (χ0) is 16.2. The number of amides is 2. The number of nitrogens with zero attached hydrogens (tertiary/aromatic N) is 1. The van der Waals surface area contributed by atoms with E-state index in [1.807, 2.05) is 23.1 Å². The fourth-order valence-corrected chi connectivity index (χ4v) is 3.73. The number of nitrogens with one attached hydrogen (secondary N) is 1. The Morgan fingerprint density at radius 2 is 1.83 bits per heavy atom. The van der Waals surface area contributed by atoms with Gasteiger partial charge in [-0.2, -0.15) is 0 Å². The molecule has 5 nitrogen and oxygen atoms in total. The van der Waals surface area contributed by atoms with Crippen LogP contribution in [-0.4, -0.2) is 35.3 Å². The van der Waals surface area contributed by atoms with Crippen LogP contribution in [0.2, 0.25) is 0 Å². The van der Waals surface area contributed by atoms with Crippen molar-refractivity contribution in [3.8, 4) is 0 Å². The lowest BCUT2D eigenvalue weighted by atomic mass is 9.93. The summed E-state index contributed by atoms with van der Waals surface area (Å²) in [6, 6.07) is 7.94. The van der Waals surface area contributed by atoms with Gasteiger partial charge in [0.05, 0.1) is 12.6 Å². The molecule has 0 saturated heterocycles. The van der Waals surface area contributed by atoms with Gasteiger partial charge in [-0.25, -0.2) is 0 Å². The molecule has 0 unspecified atom stereocenters. The van der Waals surface area contributed by atoms with Gasteiger partial charge < -0.3 is 11.1 Å². The number of primary amides is 1. The second kappa shape index (κ2) is 7.13. The number of rotatable bonds is 4. The van der Waals surface area contributed by atoms with Gasteiger partial charge in [0.2, 0.25) is 11.8 Å². The van der Waals surface area contributed by atoms with E-state index in [4.69, 9.17) is 5.73 Å². The third-order valence-electron chi connectivity index (χ3n) is 4.99. The van der Waals surface area contributed by atoms with Crippen LogP contribution in [0.1, 0.15) is 43.2 Å². The molecule has 1 heterocycles. The summed E-state index contributed by atoms with van der Waals surface area (Å²) >= 11 is 0. The molecule has 5 heteroatoms. The van der Waals surface area contributed by atoms with Crippen molar-refractivity contribution in [3.05, 3.63) is 35.4 Å². The highest BCUT2D eigenvalue weighted by atomic mass is 16.2. The van der Waals surface area contributed by atoms with E-state index in [0.29, 0.717) is 19.0 Å². The minimum Gasteiger partial charge on any atom is -0.368 e. The maximum atomic E-state index is 12.4. The van der Waals surface area contributed by atoms with Gasteiger partial charge in [0.1, 0.15) is 0 Å². The Balaban J connectivity index is 1.65. The maximum Gasteiger partial charge on any atom is 0.235 e. The van der Waals surface area contributed by atoms with E-state index >= 15 is 0 Å². The molecule has 1 aromatic carbocycles. The summed E-state index contributed by atoms with van der Waals surface area (Å²) in [5.74, 6) is -0.354. The van der Waals surface area contributed by atoms with Gasteiger partial charge in [0.15, 0.2) is 0 Å². The highest BCUT2D eigenvalue weighted by Crippen LogP contribution is 2.23. The topological polar surface area (TPSA) is 75.4 Å². The lowest BCUT2D eigenvalue weighted by Crippen LogP contribution is -2.52. The first-order valence-corrected chi connectivity index (χ1v) is 8.53. The molecule has 124 valence electrons. The van der Waals surface area contributed by atoms with Gasteiger partial charge in [-0.15, -0.1) is 0 Å². The third-order valence-corrected chi connectivity index (χ3v) is 4.99. The van der Waals surface area contributed by atoms with Crippen molar-refractivity contribution < 1.29 is 9.59 Å². The Bertz CT molecular complexity index is 581. The fourth-order valence-electron chi connectivity index (χ4n) is 3.73. The zero-order valence-corrected chi connectivity index (χ0v) is 13.5. The van der Waals surface area contributed by atoms with E-state index in [-0.39, 0.29) is 18.4 Å². The second-order valence-electron chi connectivity index (χ2n) is 6.70. The highest BCUT2D eigenvalue weighted by Gasteiger charge is 2.31. The number of hydrogen-bond acceptors (Lipinski definition) is 3. The van der Waals surface area contributed by atoms with E-state index in [2.05, 4.69) is 11.4 Å². The number of fused-ring (bicyclic) bond motifs is 1. The van der Waals surface area contributed by atoms with Crippen molar-refractivity contribution in [1.82, 2.24) is 10.2 Å². The molecule has 1 atom stereocenters. The quantitative estimate of drug-likeness (QED) is 0.880. The highest BCUT2D eigenvalue weighted by molar-refractivity contribution is 5.83. The van der Waals surface area contributed by atoms with E-state index in [1.165, 1.54) is 24.8 Å². The third kappa shape index (κ3) is 3.91. The molecule has 1 aliphatic carbocycles. The average molecular weight is 315 g/mol. The lowest BCUT2D eigenvalue weighted by Gasteiger charge is -2.35. The van der Waals surface area contributed by atoms with Crippen LogP contribution in [0.25, 0.3) is 0 Å². The van der Waals surface area contributed by atoms with Gasteiger partial charge in [-0.3, -0.25) is 14.5 Å². The summed E-state index contributed by atoms with van der Waals surface area (Å²) in [4.78, 5) is 26.1. The molecule has 23 heavy (non-hydrogen) atoms. The maximum absolute atomic E-state index is 12.4. The van der Waals surface area contributed by atoms with Crippen molar-refractivity contribution in [2.45, 2.75) is 57.2 Å². The number of benzene rings is 1. The van der Waals surface area contributed by atoms with Crippen LogP contribution < -0.4 is 11.1 Å². The minimum absolute atomic E-state index is 0.00234. The van der Waals surface area contributed by atoms with Crippen LogP contribution in [-0.2, 0) is 22.6 Å². The van der Waals surface area contributed by atoms with Crippen LogP contribution >= 0.6 is 0 Å². The van der Waals surface area contributed by atoms with Crippen LogP contribution in [0.15, 0.2) is 24.3 Å². The van der Waals surface area contributed by atoms with Crippen LogP contribution in [0.4, 0.5) is 0 Å². The summed E-state index contributed by atoms with van der Waals surface area (Å²) < 4.78 is 0. The molecule has 1 aliphatic heterocycles. The number of hydrogen-bond donors (Lipinski definition) is 2. The van der Waals surface area contributed by atoms with Crippen molar-refractivity contribution in [2.24, 2.45) is 5.73 Å². The molecule has 0 aromatic heterocycles. The van der Waals surface area contributed by atoms with E-state index < -0.39 is 6.04 Å². The first-order chi connectivity index (χ1) is 11.1. The molecule has 0 spiro atoms. The van der Waals surface area contributed by atoms with Crippen LogP contribution in [0.3, 0.4) is 0 Å². The first-order valence-electron chi connectivity index (χ1n) is 8.53. The Morgan fingerprint density at radius 3 is 2.52 bits per heavy atom. The van der Waals surface area contributed by atoms with Gasteiger partial charge in [0.25, 0.3) is 0 Å². The zero-order valence-electron chi connectivity index (χ0n) is 13.5. The van der Waals surface area contributed by atoms with E-state index in [1.54, 1.807) is 0 Å². The normalized spacial score (nSPS) is 22.3. The Hall–Kier alpha value is -1.88. The molecule has 0 radical (unpaired) electrons. The molecule has 3 N–H and O–H groups in total. The molecule has 1 aromatic rings. The predicted octanol–water partition coefficient (Wildman–Crippen LogP) is 1.35. The largest absolute Gasteiger partial charge is 0.368 e. The first kappa shape index (κ1) is 16.0. The summed E-state index contributed by atoms with van der Waals surface area (Å²) in [7, 11) is 0. The number of carbonyl (C=O) groups is 2.